The lowest BCUT2D eigenvalue weighted by molar-refractivity contribution is 0.0291. The molecule has 0 aliphatic heterocycles. The monoisotopic (exact) mass is 335 g/mol. The SMILES string of the molecule is O=C(O[C@@H]1CCc2cccnc21)c1ccc(F)cc1Br. The number of carbonyl (C=O) groups is 1. The van der Waals surface area contributed by atoms with Crippen LogP contribution in [0.1, 0.15) is 34.1 Å². The number of hydrogen-bond acceptors (Lipinski definition) is 3. The fraction of sp³-hybridized carbons (Fsp3) is 0.200. The molecule has 20 heavy (non-hydrogen) atoms. The molecule has 0 saturated heterocycles. The Hall–Kier alpha value is -1.75. The Kier molecular flexibility index (Phi) is 3.53. The lowest BCUT2D eigenvalue weighted by atomic mass is 10.2. The van der Waals surface area contributed by atoms with Crippen LogP contribution in [0.25, 0.3) is 0 Å². The van der Waals surface area contributed by atoms with Gasteiger partial charge in [0.25, 0.3) is 0 Å². The molecule has 102 valence electrons. The van der Waals surface area contributed by atoms with E-state index >= 15 is 0 Å². The average molecular weight is 336 g/mol. The molecule has 3 nitrogen and oxygen atoms in total. The van der Waals surface area contributed by atoms with Crippen molar-refractivity contribution < 1.29 is 13.9 Å². The number of benzene rings is 1. The molecule has 0 fully saturated rings. The number of nitrogens with zero attached hydrogens (tertiary/aromatic N) is 1. The number of esters is 1. The number of halogens is 2. The van der Waals surface area contributed by atoms with Gasteiger partial charge in [-0.1, -0.05) is 6.07 Å². The summed E-state index contributed by atoms with van der Waals surface area (Å²) in [4.78, 5) is 16.4. The molecule has 1 aliphatic rings. The average Bonchev–Trinajstić information content (AvgIpc) is 2.82. The van der Waals surface area contributed by atoms with Crippen LogP contribution in [0.15, 0.2) is 41.0 Å². The summed E-state index contributed by atoms with van der Waals surface area (Å²) in [7, 11) is 0. The molecule has 1 aromatic heterocycles. The fourth-order valence-corrected chi connectivity index (χ4v) is 2.85. The quantitative estimate of drug-likeness (QED) is 0.783. The van der Waals surface area contributed by atoms with Crippen LogP contribution in [-0.2, 0) is 11.2 Å². The van der Waals surface area contributed by atoms with Gasteiger partial charge in [0.1, 0.15) is 11.9 Å². The molecule has 0 amide bonds. The molecule has 1 heterocycles. The lowest BCUT2D eigenvalue weighted by Crippen LogP contribution is -2.11. The van der Waals surface area contributed by atoms with Gasteiger partial charge in [0.15, 0.2) is 0 Å². The van der Waals surface area contributed by atoms with E-state index in [-0.39, 0.29) is 6.10 Å². The standard InChI is InChI=1S/C15H11BrFNO2/c16-12-8-10(17)4-5-11(12)15(19)20-13-6-3-9-2-1-7-18-14(9)13/h1-2,4-5,7-8,13H,3,6H2/t13-/m1/s1. The Morgan fingerprint density at radius 1 is 1.40 bits per heavy atom. The van der Waals surface area contributed by atoms with Crippen molar-refractivity contribution in [2.24, 2.45) is 0 Å². The predicted octanol–water partition coefficient (Wildman–Crippen LogP) is 3.83. The lowest BCUT2D eigenvalue weighted by Gasteiger charge is -2.13. The van der Waals surface area contributed by atoms with Gasteiger partial charge in [-0.25, -0.2) is 9.18 Å². The third-order valence-corrected chi connectivity index (χ3v) is 3.96. The van der Waals surface area contributed by atoms with Gasteiger partial charge in [-0.2, -0.15) is 0 Å². The zero-order valence-electron chi connectivity index (χ0n) is 10.5. The molecule has 3 rings (SSSR count). The van der Waals surface area contributed by atoms with Gasteiger partial charge < -0.3 is 4.74 Å². The molecule has 0 unspecified atom stereocenters. The first-order chi connectivity index (χ1) is 9.65. The van der Waals surface area contributed by atoms with Crippen molar-refractivity contribution in [1.29, 1.82) is 0 Å². The summed E-state index contributed by atoms with van der Waals surface area (Å²) in [6.45, 7) is 0. The predicted molar refractivity (Wildman–Crippen MR) is 74.8 cm³/mol. The maximum atomic E-state index is 13.0. The normalized spacial score (nSPS) is 16.8. The van der Waals surface area contributed by atoms with E-state index in [0.29, 0.717) is 10.0 Å². The number of ether oxygens (including phenoxy) is 1. The van der Waals surface area contributed by atoms with E-state index in [2.05, 4.69) is 20.9 Å². The smallest absolute Gasteiger partial charge is 0.339 e. The minimum Gasteiger partial charge on any atom is -0.452 e. The van der Waals surface area contributed by atoms with E-state index in [0.717, 1.165) is 24.1 Å². The van der Waals surface area contributed by atoms with Crippen molar-refractivity contribution in [2.45, 2.75) is 18.9 Å². The van der Waals surface area contributed by atoms with Crippen molar-refractivity contribution >= 4 is 21.9 Å². The molecule has 5 heteroatoms. The number of aryl methyl sites for hydroxylation is 1. The highest BCUT2D eigenvalue weighted by Gasteiger charge is 2.27. The summed E-state index contributed by atoms with van der Waals surface area (Å²) in [6, 6.07) is 7.76. The van der Waals surface area contributed by atoms with Crippen LogP contribution >= 0.6 is 15.9 Å². The molecular formula is C15H11BrFNO2. The number of hydrogen-bond donors (Lipinski definition) is 0. The first kappa shape index (κ1) is 13.2. The summed E-state index contributed by atoms with van der Waals surface area (Å²) < 4.78 is 18.9. The second kappa shape index (κ2) is 5.32. The summed E-state index contributed by atoms with van der Waals surface area (Å²) >= 11 is 3.17. The second-order valence-corrected chi connectivity index (χ2v) is 5.46. The van der Waals surface area contributed by atoms with Gasteiger partial charge in [0.05, 0.1) is 11.3 Å². The van der Waals surface area contributed by atoms with Crippen molar-refractivity contribution in [3.8, 4) is 0 Å². The summed E-state index contributed by atoms with van der Waals surface area (Å²) in [5, 5.41) is 0. The third kappa shape index (κ3) is 2.45. The second-order valence-electron chi connectivity index (χ2n) is 4.60. The Morgan fingerprint density at radius 2 is 2.25 bits per heavy atom. The minimum atomic E-state index is -0.472. The molecule has 2 aromatic rings. The fourth-order valence-electron chi connectivity index (χ4n) is 2.34. The molecule has 1 aliphatic carbocycles. The van der Waals surface area contributed by atoms with E-state index in [1.54, 1.807) is 6.20 Å². The van der Waals surface area contributed by atoms with Crippen LogP contribution in [-0.4, -0.2) is 11.0 Å². The highest BCUT2D eigenvalue weighted by Crippen LogP contribution is 2.33. The van der Waals surface area contributed by atoms with Gasteiger partial charge in [-0.3, -0.25) is 4.98 Å². The van der Waals surface area contributed by atoms with Crippen molar-refractivity contribution in [2.75, 3.05) is 0 Å². The maximum absolute atomic E-state index is 13.0. The number of rotatable bonds is 2. The van der Waals surface area contributed by atoms with Crippen molar-refractivity contribution in [1.82, 2.24) is 4.98 Å². The summed E-state index contributed by atoms with van der Waals surface area (Å²) in [6.07, 6.45) is 2.96. The van der Waals surface area contributed by atoms with Gasteiger partial charge in [-0.05, 0) is 58.6 Å². The van der Waals surface area contributed by atoms with E-state index in [1.165, 1.54) is 18.2 Å². The first-order valence-corrected chi connectivity index (χ1v) is 7.04. The number of fused-ring (bicyclic) bond motifs is 1. The first-order valence-electron chi connectivity index (χ1n) is 6.25. The molecular weight excluding hydrogens is 325 g/mol. The highest BCUT2D eigenvalue weighted by molar-refractivity contribution is 9.10. The van der Waals surface area contributed by atoms with E-state index in [4.69, 9.17) is 4.74 Å². The Morgan fingerprint density at radius 3 is 3.05 bits per heavy atom. The third-order valence-electron chi connectivity index (χ3n) is 3.31. The molecule has 0 radical (unpaired) electrons. The Bertz CT molecular complexity index is 675. The van der Waals surface area contributed by atoms with Gasteiger partial charge in [0.2, 0.25) is 0 Å². The topological polar surface area (TPSA) is 39.2 Å². The Balaban J connectivity index is 1.81. The molecule has 1 atom stereocenters. The van der Waals surface area contributed by atoms with Crippen LogP contribution in [0.4, 0.5) is 4.39 Å². The molecule has 0 spiro atoms. The highest BCUT2D eigenvalue weighted by atomic mass is 79.9. The number of carbonyl (C=O) groups excluding carboxylic acids is 1. The van der Waals surface area contributed by atoms with Crippen LogP contribution < -0.4 is 0 Å². The molecule has 0 saturated carbocycles. The number of aromatic nitrogens is 1. The van der Waals surface area contributed by atoms with E-state index in [1.807, 2.05) is 12.1 Å². The Labute approximate surface area is 123 Å². The van der Waals surface area contributed by atoms with Crippen LogP contribution in [0.2, 0.25) is 0 Å². The van der Waals surface area contributed by atoms with Gasteiger partial charge in [0, 0.05) is 10.7 Å². The molecule has 1 aromatic carbocycles. The largest absolute Gasteiger partial charge is 0.452 e. The van der Waals surface area contributed by atoms with Gasteiger partial charge in [-0.15, -0.1) is 0 Å². The van der Waals surface area contributed by atoms with E-state index in [9.17, 15) is 9.18 Å². The summed E-state index contributed by atoms with van der Waals surface area (Å²) in [5.74, 6) is -0.873. The van der Waals surface area contributed by atoms with Gasteiger partial charge >= 0.3 is 5.97 Å². The zero-order valence-corrected chi connectivity index (χ0v) is 12.1. The van der Waals surface area contributed by atoms with Crippen molar-refractivity contribution in [3.05, 3.63) is 63.6 Å². The zero-order chi connectivity index (χ0) is 14.1. The van der Waals surface area contributed by atoms with Crippen molar-refractivity contribution in [3.63, 3.8) is 0 Å². The van der Waals surface area contributed by atoms with Crippen LogP contribution in [0, 0.1) is 5.82 Å². The number of pyridine rings is 1. The van der Waals surface area contributed by atoms with Crippen LogP contribution in [0.3, 0.4) is 0 Å². The summed E-state index contributed by atoms with van der Waals surface area (Å²) in [5.41, 5.74) is 2.25. The molecule has 0 N–H and O–H groups in total. The van der Waals surface area contributed by atoms with E-state index < -0.39 is 11.8 Å². The maximum Gasteiger partial charge on any atom is 0.339 e. The minimum absolute atomic E-state index is 0.316. The van der Waals surface area contributed by atoms with Crippen LogP contribution in [0.5, 0.6) is 0 Å². The molecule has 0 bridgehead atoms.